The SMILES string of the molecule is COc1ccc(N(c2ccc(/C=C(\c3ccc(C)cc3)c3ccc(CN)cc3)cc2)c2ccc(CN)cc2)cc1. The van der Waals surface area contributed by atoms with E-state index in [-0.39, 0.29) is 0 Å². The Labute approximate surface area is 237 Å². The van der Waals surface area contributed by atoms with Gasteiger partial charge in [-0.25, -0.2) is 0 Å². The van der Waals surface area contributed by atoms with Crippen molar-refractivity contribution >= 4 is 28.7 Å². The molecule has 0 saturated heterocycles. The number of nitrogens with zero attached hydrogens (tertiary/aromatic N) is 1. The molecule has 4 heteroatoms. The highest BCUT2D eigenvalue weighted by molar-refractivity contribution is 5.92. The van der Waals surface area contributed by atoms with Crippen LogP contribution in [0.4, 0.5) is 17.1 Å². The topological polar surface area (TPSA) is 64.5 Å². The van der Waals surface area contributed by atoms with E-state index in [1.165, 1.54) is 16.7 Å². The van der Waals surface area contributed by atoms with Crippen molar-refractivity contribution in [2.45, 2.75) is 20.0 Å². The quantitative estimate of drug-likeness (QED) is 0.192. The summed E-state index contributed by atoms with van der Waals surface area (Å²) in [6, 6.07) is 42.3. The molecule has 0 aliphatic heterocycles. The molecule has 200 valence electrons. The molecule has 0 aromatic heterocycles. The first-order valence-electron chi connectivity index (χ1n) is 13.5. The summed E-state index contributed by atoms with van der Waals surface area (Å²) in [6.45, 7) is 3.16. The molecule has 0 heterocycles. The number of benzene rings is 5. The van der Waals surface area contributed by atoms with Gasteiger partial charge in [-0.3, -0.25) is 0 Å². The number of methoxy groups -OCH3 is 1. The van der Waals surface area contributed by atoms with E-state index in [0.29, 0.717) is 13.1 Å². The summed E-state index contributed by atoms with van der Waals surface area (Å²) < 4.78 is 5.39. The monoisotopic (exact) mass is 525 g/mol. The van der Waals surface area contributed by atoms with Gasteiger partial charge in [0.2, 0.25) is 0 Å². The van der Waals surface area contributed by atoms with Crippen LogP contribution in [0.1, 0.15) is 33.4 Å². The summed E-state index contributed by atoms with van der Waals surface area (Å²) in [6.07, 6.45) is 2.25. The second-order valence-corrected chi connectivity index (χ2v) is 9.82. The largest absolute Gasteiger partial charge is 0.497 e. The number of aryl methyl sites for hydroxylation is 1. The van der Waals surface area contributed by atoms with Gasteiger partial charge in [0, 0.05) is 30.2 Å². The molecule has 0 aliphatic rings. The standard InChI is InChI=1S/C36H35N3O/c1-26-3-11-30(12-4-26)36(31-13-5-28(24-37)6-14-31)23-27-7-15-32(16-8-27)39(33-17-9-29(25-38)10-18-33)34-19-21-35(40-2)22-20-34/h3-23H,24-25,37-38H2,1-2H3/b36-23+. The summed E-state index contributed by atoms with van der Waals surface area (Å²) in [4.78, 5) is 2.24. The Kier molecular flexibility index (Phi) is 8.41. The zero-order valence-electron chi connectivity index (χ0n) is 23.0. The maximum atomic E-state index is 5.85. The average molecular weight is 526 g/mol. The molecular weight excluding hydrogens is 490 g/mol. The van der Waals surface area contributed by atoms with Crippen LogP contribution in [0.15, 0.2) is 121 Å². The predicted octanol–water partition coefficient (Wildman–Crippen LogP) is 7.98. The van der Waals surface area contributed by atoms with Gasteiger partial charge in [0.1, 0.15) is 5.75 Å². The van der Waals surface area contributed by atoms with Gasteiger partial charge < -0.3 is 21.1 Å². The molecule has 40 heavy (non-hydrogen) atoms. The van der Waals surface area contributed by atoms with Gasteiger partial charge in [-0.15, -0.1) is 0 Å². The Hall–Kier alpha value is -4.64. The molecule has 0 spiro atoms. The minimum absolute atomic E-state index is 0.516. The first kappa shape index (κ1) is 26.9. The normalized spacial score (nSPS) is 11.3. The number of nitrogens with two attached hydrogens (primary N) is 2. The van der Waals surface area contributed by atoms with Gasteiger partial charge in [0.05, 0.1) is 7.11 Å². The maximum absolute atomic E-state index is 5.85. The molecule has 4 N–H and O–H groups in total. The maximum Gasteiger partial charge on any atom is 0.119 e. The Morgan fingerprint density at radius 1 is 0.600 bits per heavy atom. The van der Waals surface area contributed by atoms with E-state index < -0.39 is 0 Å². The molecule has 0 atom stereocenters. The Morgan fingerprint density at radius 2 is 1.02 bits per heavy atom. The lowest BCUT2D eigenvalue weighted by Gasteiger charge is -2.26. The van der Waals surface area contributed by atoms with Crippen LogP contribution in [0.2, 0.25) is 0 Å². The molecule has 5 aromatic rings. The molecule has 0 saturated carbocycles. The highest BCUT2D eigenvalue weighted by Gasteiger charge is 2.13. The third-order valence-corrected chi connectivity index (χ3v) is 7.09. The van der Waals surface area contributed by atoms with Gasteiger partial charge in [0.25, 0.3) is 0 Å². The van der Waals surface area contributed by atoms with Crippen molar-refractivity contribution in [3.8, 4) is 5.75 Å². The first-order chi connectivity index (χ1) is 19.6. The minimum atomic E-state index is 0.516. The molecule has 5 rings (SSSR count). The van der Waals surface area contributed by atoms with Crippen LogP contribution in [-0.4, -0.2) is 7.11 Å². The van der Waals surface area contributed by atoms with E-state index in [1.807, 2.05) is 12.1 Å². The third-order valence-electron chi connectivity index (χ3n) is 7.09. The van der Waals surface area contributed by atoms with E-state index in [4.69, 9.17) is 16.2 Å². The summed E-state index contributed by atoms with van der Waals surface area (Å²) >= 11 is 0. The lowest BCUT2D eigenvalue weighted by atomic mass is 9.94. The fourth-order valence-electron chi connectivity index (χ4n) is 4.73. The Morgan fingerprint density at radius 3 is 1.50 bits per heavy atom. The van der Waals surface area contributed by atoms with Crippen molar-refractivity contribution in [3.63, 3.8) is 0 Å². The smallest absolute Gasteiger partial charge is 0.119 e. The van der Waals surface area contributed by atoms with Crippen LogP contribution in [0.3, 0.4) is 0 Å². The fraction of sp³-hybridized carbons (Fsp3) is 0.111. The summed E-state index contributed by atoms with van der Waals surface area (Å²) in [5, 5.41) is 0. The Bertz CT molecular complexity index is 1510. The van der Waals surface area contributed by atoms with E-state index in [1.54, 1.807) is 7.11 Å². The van der Waals surface area contributed by atoms with E-state index in [9.17, 15) is 0 Å². The lowest BCUT2D eigenvalue weighted by molar-refractivity contribution is 0.415. The molecular formula is C36H35N3O. The van der Waals surface area contributed by atoms with Gasteiger partial charge in [-0.1, -0.05) is 78.4 Å². The molecule has 0 unspecified atom stereocenters. The number of rotatable bonds is 9. The van der Waals surface area contributed by atoms with Crippen molar-refractivity contribution in [2.24, 2.45) is 11.5 Å². The molecule has 0 bridgehead atoms. The molecule has 4 nitrogen and oxygen atoms in total. The summed E-state index contributed by atoms with van der Waals surface area (Å²) in [5.74, 6) is 0.825. The summed E-state index contributed by atoms with van der Waals surface area (Å²) in [5.41, 5.74) is 23.0. The van der Waals surface area contributed by atoms with Crippen LogP contribution in [0, 0.1) is 6.92 Å². The second kappa shape index (κ2) is 12.5. The molecule has 0 amide bonds. The van der Waals surface area contributed by atoms with Crippen LogP contribution >= 0.6 is 0 Å². The van der Waals surface area contributed by atoms with Crippen LogP contribution in [0.25, 0.3) is 11.6 Å². The van der Waals surface area contributed by atoms with Gasteiger partial charge >= 0.3 is 0 Å². The van der Waals surface area contributed by atoms with Crippen molar-refractivity contribution in [3.05, 3.63) is 155 Å². The van der Waals surface area contributed by atoms with Crippen molar-refractivity contribution < 1.29 is 4.74 Å². The summed E-state index contributed by atoms with van der Waals surface area (Å²) in [7, 11) is 1.68. The van der Waals surface area contributed by atoms with E-state index in [2.05, 4.69) is 127 Å². The molecule has 0 fully saturated rings. The number of ether oxygens (including phenoxy) is 1. The van der Waals surface area contributed by atoms with E-state index >= 15 is 0 Å². The minimum Gasteiger partial charge on any atom is -0.497 e. The zero-order chi connectivity index (χ0) is 27.9. The van der Waals surface area contributed by atoms with Gasteiger partial charge in [0.15, 0.2) is 0 Å². The van der Waals surface area contributed by atoms with Crippen molar-refractivity contribution in [1.29, 1.82) is 0 Å². The lowest BCUT2D eigenvalue weighted by Crippen LogP contribution is -2.10. The molecule has 0 radical (unpaired) electrons. The van der Waals surface area contributed by atoms with Crippen molar-refractivity contribution in [1.82, 2.24) is 0 Å². The molecule has 0 aliphatic carbocycles. The number of hydrogen-bond acceptors (Lipinski definition) is 4. The fourth-order valence-corrected chi connectivity index (χ4v) is 4.73. The Balaban J connectivity index is 1.54. The van der Waals surface area contributed by atoms with Gasteiger partial charge in [-0.05, 0) is 94.9 Å². The number of hydrogen-bond donors (Lipinski definition) is 2. The number of anilines is 3. The van der Waals surface area contributed by atoms with Crippen LogP contribution in [-0.2, 0) is 13.1 Å². The zero-order valence-corrected chi connectivity index (χ0v) is 23.0. The van der Waals surface area contributed by atoms with Gasteiger partial charge in [-0.2, -0.15) is 0 Å². The van der Waals surface area contributed by atoms with Crippen LogP contribution in [0.5, 0.6) is 5.75 Å². The highest BCUT2D eigenvalue weighted by Crippen LogP contribution is 2.36. The van der Waals surface area contributed by atoms with Crippen molar-refractivity contribution in [2.75, 3.05) is 12.0 Å². The predicted molar refractivity (Wildman–Crippen MR) is 168 cm³/mol. The third kappa shape index (κ3) is 6.15. The molecule has 5 aromatic carbocycles. The first-order valence-corrected chi connectivity index (χ1v) is 13.5. The average Bonchev–Trinajstić information content (AvgIpc) is 3.02. The van der Waals surface area contributed by atoms with E-state index in [0.717, 1.165) is 45.1 Å². The second-order valence-electron chi connectivity index (χ2n) is 9.82. The van der Waals surface area contributed by atoms with Crippen LogP contribution < -0.4 is 21.1 Å². The highest BCUT2D eigenvalue weighted by atomic mass is 16.5.